The van der Waals surface area contributed by atoms with E-state index in [2.05, 4.69) is 16.0 Å². The summed E-state index contributed by atoms with van der Waals surface area (Å²) in [6, 6.07) is 6.96. The lowest BCUT2D eigenvalue weighted by molar-refractivity contribution is -0.0106. The third-order valence-corrected chi connectivity index (χ3v) is 5.52. The lowest BCUT2D eigenvalue weighted by atomic mass is 9.88. The number of anilines is 2. The summed E-state index contributed by atoms with van der Waals surface area (Å²) < 4.78 is 46.5. The van der Waals surface area contributed by atoms with E-state index in [4.69, 9.17) is 4.74 Å². The van der Waals surface area contributed by atoms with Crippen LogP contribution in [0, 0.1) is 5.82 Å². The lowest BCUT2D eigenvalue weighted by Crippen LogP contribution is -2.49. The molecule has 2 aromatic rings. The Kier molecular flexibility index (Phi) is 5.38. The molecule has 3 N–H and O–H groups in total. The van der Waals surface area contributed by atoms with Crippen LogP contribution in [0.2, 0.25) is 0 Å². The summed E-state index contributed by atoms with van der Waals surface area (Å²) in [6.07, 6.45) is -0.199. The second-order valence-corrected chi connectivity index (χ2v) is 7.61. The first-order chi connectivity index (χ1) is 14.9. The molecule has 2 aromatic carbocycles. The van der Waals surface area contributed by atoms with E-state index in [0.29, 0.717) is 22.5 Å². The fourth-order valence-corrected chi connectivity index (χ4v) is 3.87. The molecular formula is C21H21F3N4O3. The Morgan fingerprint density at radius 2 is 2.06 bits per heavy atom. The number of amides is 4. The summed E-state index contributed by atoms with van der Waals surface area (Å²) >= 11 is 0. The van der Waals surface area contributed by atoms with Gasteiger partial charge >= 0.3 is 12.1 Å². The molecule has 0 saturated carbocycles. The Morgan fingerprint density at radius 1 is 1.29 bits per heavy atom. The third kappa shape index (κ3) is 3.85. The molecule has 0 bridgehead atoms. The van der Waals surface area contributed by atoms with Gasteiger partial charge in [0.15, 0.2) is 5.60 Å². The maximum Gasteiger partial charge on any atom is 0.321 e. The molecule has 0 fully saturated rings. The van der Waals surface area contributed by atoms with E-state index in [1.807, 2.05) is 0 Å². The minimum atomic E-state index is -1.75. The van der Waals surface area contributed by atoms with Crippen molar-refractivity contribution in [1.29, 1.82) is 0 Å². The van der Waals surface area contributed by atoms with E-state index >= 15 is 0 Å². The van der Waals surface area contributed by atoms with E-state index in [1.165, 1.54) is 17.0 Å². The monoisotopic (exact) mass is 434 g/mol. The number of hydrogen-bond donors (Lipinski definition) is 3. The Labute approximate surface area is 176 Å². The second kappa shape index (κ2) is 8.01. The second-order valence-electron chi connectivity index (χ2n) is 7.61. The Hall–Kier alpha value is -3.43. The normalized spacial score (nSPS) is 18.9. The zero-order chi connectivity index (χ0) is 22.2. The van der Waals surface area contributed by atoms with Crippen LogP contribution >= 0.6 is 0 Å². The van der Waals surface area contributed by atoms with Crippen molar-refractivity contribution in [2.45, 2.75) is 24.6 Å². The van der Waals surface area contributed by atoms with E-state index in [9.17, 15) is 22.8 Å². The minimum Gasteiger partial charge on any atom is -0.481 e. The smallest absolute Gasteiger partial charge is 0.321 e. The molecule has 0 radical (unpaired) electrons. The number of carbonyl (C=O) groups is 2. The zero-order valence-corrected chi connectivity index (χ0v) is 16.7. The number of nitrogens with one attached hydrogen (secondary N) is 3. The number of hydrogen-bond acceptors (Lipinski definition) is 3. The van der Waals surface area contributed by atoms with Crippen LogP contribution in [0.5, 0.6) is 5.75 Å². The molecule has 0 spiro atoms. The van der Waals surface area contributed by atoms with Gasteiger partial charge in [-0.2, -0.15) is 0 Å². The molecule has 1 atom stereocenters. The van der Waals surface area contributed by atoms with Crippen molar-refractivity contribution in [3.8, 4) is 5.75 Å². The van der Waals surface area contributed by atoms with Crippen molar-refractivity contribution in [2.75, 3.05) is 30.6 Å². The van der Waals surface area contributed by atoms with Crippen LogP contribution in [-0.4, -0.2) is 38.1 Å². The van der Waals surface area contributed by atoms with Gasteiger partial charge in [0.05, 0.1) is 11.7 Å². The maximum absolute atomic E-state index is 13.8. The molecule has 2 heterocycles. The SMILES string of the molecule is CN1C(=O)NCc2c(NC(=O)N[C@@H]3CC(CF)(CF)Oc4ccc(F)cc43)cccc21. The van der Waals surface area contributed by atoms with Crippen molar-refractivity contribution >= 4 is 23.4 Å². The quantitative estimate of drug-likeness (QED) is 0.685. The van der Waals surface area contributed by atoms with Crippen LogP contribution in [-0.2, 0) is 6.54 Å². The number of fused-ring (bicyclic) bond motifs is 2. The fourth-order valence-electron chi connectivity index (χ4n) is 3.87. The van der Waals surface area contributed by atoms with Crippen LogP contribution < -0.4 is 25.6 Å². The molecule has 0 saturated heterocycles. The molecule has 164 valence electrons. The van der Waals surface area contributed by atoms with Gasteiger partial charge in [-0.05, 0) is 30.3 Å². The van der Waals surface area contributed by atoms with Gasteiger partial charge in [0.1, 0.15) is 24.9 Å². The number of ether oxygens (including phenoxy) is 1. The van der Waals surface area contributed by atoms with Gasteiger partial charge in [-0.1, -0.05) is 6.07 Å². The largest absolute Gasteiger partial charge is 0.481 e. The maximum atomic E-state index is 13.8. The first-order valence-corrected chi connectivity index (χ1v) is 9.67. The standard InChI is InChI=1S/C21H21F3N4O3/c1-28-17-4-2-3-15(14(17)9-25-20(28)30)26-19(29)27-16-8-21(10-22,11-23)31-18-6-5-12(24)7-13(16)18/h2-7,16H,8-11H2,1H3,(H,25,30)(H2,26,27,29)/t16-/m1/s1. The van der Waals surface area contributed by atoms with Crippen LogP contribution in [0.4, 0.5) is 34.1 Å². The zero-order valence-electron chi connectivity index (χ0n) is 16.7. The van der Waals surface area contributed by atoms with Gasteiger partial charge in [0, 0.05) is 36.8 Å². The van der Waals surface area contributed by atoms with Crippen molar-refractivity contribution < 1.29 is 27.5 Å². The first-order valence-electron chi connectivity index (χ1n) is 9.67. The van der Waals surface area contributed by atoms with E-state index in [0.717, 1.165) is 6.07 Å². The molecule has 2 aliphatic rings. The Balaban J connectivity index is 1.58. The van der Waals surface area contributed by atoms with Crippen molar-refractivity contribution in [3.63, 3.8) is 0 Å². The Morgan fingerprint density at radius 3 is 2.81 bits per heavy atom. The minimum absolute atomic E-state index is 0.120. The van der Waals surface area contributed by atoms with Gasteiger partial charge < -0.3 is 20.7 Å². The van der Waals surface area contributed by atoms with E-state index < -0.39 is 36.8 Å². The number of halogens is 3. The van der Waals surface area contributed by atoms with Gasteiger partial charge in [0.2, 0.25) is 0 Å². The molecule has 4 amide bonds. The van der Waals surface area contributed by atoms with Crippen LogP contribution in [0.15, 0.2) is 36.4 Å². The van der Waals surface area contributed by atoms with Gasteiger partial charge in [-0.15, -0.1) is 0 Å². The van der Waals surface area contributed by atoms with Crippen LogP contribution in [0.3, 0.4) is 0 Å². The molecule has 2 aliphatic heterocycles. The summed E-state index contributed by atoms with van der Waals surface area (Å²) in [5, 5.41) is 8.08. The molecule has 31 heavy (non-hydrogen) atoms. The summed E-state index contributed by atoms with van der Waals surface area (Å²) in [7, 11) is 1.61. The van der Waals surface area contributed by atoms with Crippen molar-refractivity contribution in [3.05, 3.63) is 53.3 Å². The summed E-state index contributed by atoms with van der Waals surface area (Å²) in [6.45, 7) is -1.97. The number of urea groups is 2. The average Bonchev–Trinajstić information content (AvgIpc) is 2.77. The predicted octanol–water partition coefficient (Wildman–Crippen LogP) is 3.81. The molecule has 0 unspecified atom stereocenters. The van der Waals surface area contributed by atoms with Crippen molar-refractivity contribution in [1.82, 2.24) is 10.6 Å². The fraction of sp³-hybridized carbons (Fsp3) is 0.333. The van der Waals surface area contributed by atoms with Gasteiger partial charge in [-0.25, -0.2) is 22.8 Å². The Bertz CT molecular complexity index is 1030. The van der Waals surface area contributed by atoms with Crippen LogP contribution in [0.25, 0.3) is 0 Å². The molecule has 0 aliphatic carbocycles. The molecule has 4 rings (SSSR count). The van der Waals surface area contributed by atoms with Gasteiger partial charge in [-0.3, -0.25) is 4.90 Å². The molecular weight excluding hydrogens is 413 g/mol. The average molecular weight is 434 g/mol. The summed E-state index contributed by atoms with van der Waals surface area (Å²) in [5.74, 6) is -0.437. The number of benzene rings is 2. The first kappa shape index (κ1) is 20.8. The summed E-state index contributed by atoms with van der Waals surface area (Å²) in [4.78, 5) is 26.0. The van der Waals surface area contributed by atoms with Crippen molar-refractivity contribution in [2.24, 2.45) is 0 Å². The lowest BCUT2D eigenvalue weighted by Gasteiger charge is -2.39. The highest BCUT2D eigenvalue weighted by atomic mass is 19.1. The third-order valence-electron chi connectivity index (χ3n) is 5.52. The van der Waals surface area contributed by atoms with Gasteiger partial charge in [0.25, 0.3) is 0 Å². The highest BCUT2D eigenvalue weighted by Crippen LogP contribution is 2.41. The molecule has 0 aromatic heterocycles. The predicted molar refractivity (Wildman–Crippen MR) is 108 cm³/mol. The summed E-state index contributed by atoms with van der Waals surface area (Å²) in [5.41, 5.74) is 0.376. The number of nitrogens with zero attached hydrogens (tertiary/aromatic N) is 1. The number of alkyl halides is 2. The molecule has 7 nitrogen and oxygen atoms in total. The number of rotatable bonds is 4. The molecule has 10 heteroatoms. The number of carbonyl (C=O) groups excluding carboxylic acids is 2. The van der Waals surface area contributed by atoms with E-state index in [-0.39, 0.29) is 24.7 Å². The highest BCUT2D eigenvalue weighted by Gasteiger charge is 2.42. The van der Waals surface area contributed by atoms with E-state index in [1.54, 1.807) is 25.2 Å². The highest BCUT2D eigenvalue weighted by molar-refractivity contribution is 5.98. The topological polar surface area (TPSA) is 82.7 Å². The van der Waals surface area contributed by atoms with Crippen LogP contribution in [0.1, 0.15) is 23.6 Å².